The second-order valence-corrected chi connectivity index (χ2v) is 17.2. The van der Waals surface area contributed by atoms with Crippen LogP contribution < -0.4 is 83.1 Å². The molecule has 0 saturated carbocycles. The number of aliphatic imine (C=N–C) groups is 1. The molecule has 29 nitrogen and oxygen atoms in total. The fourth-order valence-electron chi connectivity index (χ4n) is 7.25. The highest BCUT2D eigenvalue weighted by Gasteiger charge is 2.42. The lowest BCUT2D eigenvalue weighted by molar-refractivity contribution is -0.153. The summed E-state index contributed by atoms with van der Waals surface area (Å²) in [6, 6.07) is -11.7. The number of hydrogen-bond donors (Lipinski definition) is 18. The molecule has 0 spiro atoms. The largest absolute Gasteiger partial charge is 0.477 e. The summed E-state index contributed by atoms with van der Waals surface area (Å²) in [6.07, 6.45) is -8.00. The van der Waals surface area contributed by atoms with Crippen LogP contribution in [0.3, 0.4) is 0 Å². The van der Waals surface area contributed by atoms with E-state index in [0.717, 1.165) is 11.0 Å². The fourth-order valence-corrected chi connectivity index (χ4v) is 7.25. The number of unbranched alkanes of at least 4 members (excludes halogenated alkanes) is 2. The van der Waals surface area contributed by atoms with E-state index in [9.17, 15) is 71.6 Å². The molecule has 26 N–H and O–H groups in total. The minimum absolute atomic E-state index is 0.00594. The standard InChI is InChI=1S/C42H76F3N17O12/c43-42(44,45)18-26(35(68)57-23(9-2-4-14-47)34(67)58-25(40(73)74)11-6-16-54-41(52)53)59-36(69)27-12-7-17-62(27)39(72)24(10-5-15-48)56-30(65)21-55-37(70)31(28(63)19-49)61-38(71)32(29(64)20-50)60-33(66)22(51)8-1-3-13-46/h11,22-24,26-29,31-32,63-64H,1-10,12-21,46-51H2,(H,55,70)(H,56,65)(H,57,68)(H,58,67)(H,59,69)(H,60,66)(H,61,71)(H,73,74)(H4,52,53,54)/b25-11-/t22-,23-,24+,26-,27-,28-,29-,31-,32-/m0/s1. The van der Waals surface area contributed by atoms with Crippen molar-refractivity contribution in [2.24, 2.45) is 50.9 Å². The van der Waals surface area contributed by atoms with Crippen molar-refractivity contribution in [1.29, 1.82) is 0 Å². The Hall–Kier alpha value is -6.29. The third-order valence-electron chi connectivity index (χ3n) is 11.2. The number of halogens is 3. The van der Waals surface area contributed by atoms with Gasteiger partial charge in [0.2, 0.25) is 47.3 Å². The van der Waals surface area contributed by atoms with Gasteiger partial charge in [-0.05, 0) is 83.8 Å². The average molecular weight is 1070 g/mol. The number of hydrogen-bond acceptors (Lipinski definition) is 18. The van der Waals surface area contributed by atoms with Gasteiger partial charge in [-0.2, -0.15) is 13.2 Å². The van der Waals surface area contributed by atoms with Crippen LogP contribution in [0.25, 0.3) is 0 Å². The number of aliphatic hydroxyl groups excluding tert-OH is 2. The van der Waals surface area contributed by atoms with E-state index in [0.29, 0.717) is 25.8 Å². The van der Waals surface area contributed by atoms with Crippen LogP contribution in [0.5, 0.6) is 0 Å². The number of likely N-dealkylation sites (tertiary alicyclic amines) is 1. The summed E-state index contributed by atoms with van der Waals surface area (Å²) in [7, 11) is 0. The Morgan fingerprint density at radius 2 is 1.26 bits per heavy atom. The van der Waals surface area contributed by atoms with E-state index in [2.05, 4.69) is 36.9 Å². The van der Waals surface area contributed by atoms with E-state index in [4.69, 9.17) is 45.9 Å². The summed E-state index contributed by atoms with van der Waals surface area (Å²) in [6.45, 7) is -1.76. The Labute approximate surface area is 425 Å². The maximum absolute atomic E-state index is 14.0. The van der Waals surface area contributed by atoms with Crippen molar-refractivity contribution in [3.63, 3.8) is 0 Å². The van der Waals surface area contributed by atoms with Crippen molar-refractivity contribution >= 4 is 59.2 Å². The van der Waals surface area contributed by atoms with Gasteiger partial charge in [0, 0.05) is 26.2 Å². The molecule has 1 heterocycles. The number of amides is 8. The molecule has 0 aromatic rings. The first-order valence-corrected chi connectivity index (χ1v) is 23.9. The van der Waals surface area contributed by atoms with E-state index in [1.54, 1.807) is 0 Å². The van der Waals surface area contributed by atoms with Crippen molar-refractivity contribution in [3.8, 4) is 0 Å². The number of carboxylic acids is 1. The van der Waals surface area contributed by atoms with Gasteiger partial charge in [0.05, 0.1) is 31.2 Å². The first kappa shape index (κ1) is 65.7. The van der Waals surface area contributed by atoms with E-state index in [1.165, 1.54) is 0 Å². The minimum Gasteiger partial charge on any atom is -0.477 e. The molecule has 74 heavy (non-hydrogen) atoms. The summed E-state index contributed by atoms with van der Waals surface area (Å²) in [5.74, 6) is -10.8. The van der Waals surface area contributed by atoms with E-state index < -0.39 is 146 Å². The molecular formula is C42H76F3N17O12. The summed E-state index contributed by atoms with van der Waals surface area (Å²) in [5, 5.41) is 46.0. The topological polar surface area (TPSA) is 522 Å². The SMILES string of the molecule is NCCCC[C@H](NC(=O)[C@H](CC(F)(F)F)NC(=O)[C@@H]1CCCN1C(=O)[C@@H](CCCN)NC(=O)CNC(=O)[C@@H](NC(=O)[C@@H](NC(=O)[C@@H](N)CCCCN)[C@@H](O)CN)[C@@H](O)CN)C(=O)N/C(=C\CCN=C(N)N)C(=O)O. The van der Waals surface area contributed by atoms with Crippen LogP contribution in [-0.4, -0.2) is 192 Å². The maximum Gasteiger partial charge on any atom is 0.391 e. The second kappa shape index (κ2) is 34.2. The number of carboxylic acid groups (broad SMARTS) is 1. The van der Waals surface area contributed by atoms with Crippen molar-refractivity contribution < 1.29 is 71.6 Å². The number of carbonyl (C=O) groups is 9. The van der Waals surface area contributed by atoms with Crippen LogP contribution >= 0.6 is 0 Å². The lowest BCUT2D eigenvalue weighted by atomic mass is 10.1. The molecule has 1 saturated heterocycles. The first-order valence-electron chi connectivity index (χ1n) is 23.9. The Morgan fingerprint density at radius 1 is 0.689 bits per heavy atom. The van der Waals surface area contributed by atoms with Gasteiger partial charge in [-0.3, -0.25) is 43.3 Å². The molecule has 0 aromatic heterocycles. The Kier molecular flexibility index (Phi) is 30.4. The van der Waals surface area contributed by atoms with Gasteiger partial charge in [-0.15, -0.1) is 0 Å². The number of aliphatic hydroxyl groups is 2. The zero-order valence-electron chi connectivity index (χ0n) is 41.1. The summed E-state index contributed by atoms with van der Waals surface area (Å²) >= 11 is 0. The number of alkyl halides is 3. The molecule has 1 rings (SSSR count). The number of nitrogens with one attached hydrogen (secondary N) is 7. The van der Waals surface area contributed by atoms with Crippen molar-refractivity contribution in [2.45, 2.75) is 138 Å². The highest BCUT2D eigenvalue weighted by Crippen LogP contribution is 2.24. The number of nitrogens with two attached hydrogens (primary N) is 8. The molecule has 32 heteroatoms. The smallest absolute Gasteiger partial charge is 0.391 e. The van der Waals surface area contributed by atoms with Gasteiger partial charge in [0.25, 0.3) is 0 Å². The predicted octanol–water partition coefficient (Wildman–Crippen LogP) is -7.82. The van der Waals surface area contributed by atoms with Crippen LogP contribution in [0.2, 0.25) is 0 Å². The molecule has 9 atom stereocenters. The number of nitrogens with zero attached hydrogens (tertiary/aromatic N) is 2. The zero-order chi connectivity index (χ0) is 56.1. The van der Waals surface area contributed by atoms with E-state index >= 15 is 0 Å². The molecule has 1 aliphatic heterocycles. The highest BCUT2D eigenvalue weighted by molar-refractivity contribution is 5.99. The highest BCUT2D eigenvalue weighted by atomic mass is 19.4. The fraction of sp³-hybridized carbons (Fsp3) is 0.714. The van der Waals surface area contributed by atoms with Crippen molar-refractivity contribution in [3.05, 3.63) is 11.8 Å². The van der Waals surface area contributed by atoms with Gasteiger partial charge in [-0.25, -0.2) is 4.79 Å². The summed E-state index contributed by atoms with van der Waals surface area (Å²) in [5.41, 5.74) is 43.6. The Morgan fingerprint density at radius 3 is 1.81 bits per heavy atom. The van der Waals surface area contributed by atoms with Crippen LogP contribution in [0.15, 0.2) is 16.8 Å². The van der Waals surface area contributed by atoms with Crippen LogP contribution in [-0.2, 0) is 43.2 Å². The number of carbonyl (C=O) groups excluding carboxylic acids is 8. The van der Waals surface area contributed by atoms with E-state index in [1.807, 2.05) is 5.32 Å². The van der Waals surface area contributed by atoms with Crippen molar-refractivity contribution in [1.82, 2.24) is 42.1 Å². The van der Waals surface area contributed by atoms with Gasteiger partial charge >= 0.3 is 12.1 Å². The molecule has 1 fully saturated rings. The quantitative estimate of drug-likeness (QED) is 0.0121. The number of aliphatic carboxylic acids is 1. The summed E-state index contributed by atoms with van der Waals surface area (Å²) < 4.78 is 41.9. The van der Waals surface area contributed by atoms with Gasteiger partial charge in [-0.1, -0.05) is 12.5 Å². The molecule has 8 amide bonds. The zero-order valence-corrected chi connectivity index (χ0v) is 41.1. The minimum atomic E-state index is -5.07. The molecule has 422 valence electrons. The molecular weight excluding hydrogens is 992 g/mol. The number of guanidine groups is 1. The Bertz CT molecular complexity index is 1930. The maximum atomic E-state index is 14.0. The second-order valence-electron chi connectivity index (χ2n) is 17.2. The number of rotatable bonds is 35. The predicted molar refractivity (Wildman–Crippen MR) is 259 cm³/mol. The Balaban J connectivity index is 3.27. The normalized spacial score (nSPS) is 16.9. The van der Waals surface area contributed by atoms with Gasteiger partial charge in [0.15, 0.2) is 5.96 Å². The van der Waals surface area contributed by atoms with Crippen molar-refractivity contribution in [2.75, 3.05) is 52.4 Å². The van der Waals surface area contributed by atoms with Gasteiger partial charge in [0.1, 0.15) is 41.9 Å². The lowest BCUT2D eigenvalue weighted by Crippen LogP contribution is -2.63. The molecule has 1 aliphatic rings. The lowest BCUT2D eigenvalue weighted by Gasteiger charge is -2.30. The van der Waals surface area contributed by atoms with Crippen LogP contribution in [0.4, 0.5) is 13.2 Å². The molecule has 0 aliphatic carbocycles. The molecule has 0 aromatic carbocycles. The molecule has 0 bridgehead atoms. The van der Waals surface area contributed by atoms with Gasteiger partial charge < -0.3 is 103 Å². The van der Waals surface area contributed by atoms with E-state index in [-0.39, 0.29) is 83.5 Å². The first-order chi connectivity index (χ1) is 34.8. The third-order valence-corrected chi connectivity index (χ3v) is 11.2. The third kappa shape index (κ3) is 24.2. The molecule has 0 unspecified atom stereocenters. The molecule has 0 radical (unpaired) electrons. The average Bonchev–Trinajstić information content (AvgIpc) is 3.85. The van der Waals surface area contributed by atoms with Crippen LogP contribution in [0, 0.1) is 0 Å². The van der Waals surface area contributed by atoms with Crippen LogP contribution in [0.1, 0.15) is 77.0 Å². The monoisotopic (exact) mass is 1070 g/mol. The summed E-state index contributed by atoms with van der Waals surface area (Å²) in [4.78, 5) is 124.